The number of alkyl halides is 3. The molecule has 1 aliphatic carbocycles. The van der Waals surface area contributed by atoms with Gasteiger partial charge in [-0.25, -0.2) is 0 Å². The molecule has 0 aliphatic heterocycles. The summed E-state index contributed by atoms with van der Waals surface area (Å²) in [6.45, 7) is 2.10. The molecule has 0 bridgehead atoms. The van der Waals surface area contributed by atoms with Crippen molar-refractivity contribution in [3.63, 3.8) is 0 Å². The Bertz CT molecular complexity index is 703. The molecule has 2 nitrogen and oxygen atoms in total. The number of fused-ring (bicyclic) bond motifs is 1. The fraction of sp³-hybridized carbons (Fsp3) is 0.526. The minimum atomic E-state index is -4.33. The van der Waals surface area contributed by atoms with E-state index in [0.717, 1.165) is 43.7 Å². The van der Waals surface area contributed by atoms with Crippen LogP contribution in [-0.2, 0) is 6.18 Å². The molecule has 0 amide bonds. The number of rotatable bonds is 3. The molecule has 2 N–H and O–H groups in total. The largest absolute Gasteiger partial charge is 0.416 e. The third-order valence-corrected chi connectivity index (χ3v) is 5.39. The molecule has 1 aliphatic rings. The first-order valence-electron chi connectivity index (χ1n) is 8.61. The zero-order valence-electron chi connectivity index (χ0n) is 13.8. The third-order valence-electron chi connectivity index (χ3n) is 5.39. The van der Waals surface area contributed by atoms with Crippen molar-refractivity contribution in [2.45, 2.75) is 57.2 Å². The van der Waals surface area contributed by atoms with Gasteiger partial charge in [0.1, 0.15) is 0 Å². The quantitative estimate of drug-likeness (QED) is 0.830. The van der Waals surface area contributed by atoms with Gasteiger partial charge in [0.25, 0.3) is 0 Å². The van der Waals surface area contributed by atoms with Gasteiger partial charge in [-0.05, 0) is 73.8 Å². The van der Waals surface area contributed by atoms with Gasteiger partial charge in [-0.2, -0.15) is 13.2 Å². The lowest BCUT2D eigenvalue weighted by Crippen LogP contribution is -2.32. The summed E-state index contributed by atoms with van der Waals surface area (Å²) in [6.07, 6.45) is 2.40. The zero-order chi connectivity index (χ0) is 17.3. The number of pyridine rings is 1. The van der Waals surface area contributed by atoms with E-state index in [-0.39, 0.29) is 6.04 Å². The van der Waals surface area contributed by atoms with Crippen molar-refractivity contribution in [3.8, 4) is 0 Å². The highest BCUT2D eigenvalue weighted by Crippen LogP contribution is 2.40. The van der Waals surface area contributed by atoms with Crippen molar-refractivity contribution < 1.29 is 13.2 Å². The maximum Gasteiger partial charge on any atom is 0.416 e. The highest BCUT2D eigenvalue weighted by atomic mass is 19.4. The Labute approximate surface area is 140 Å². The Morgan fingerprint density at radius 1 is 1.17 bits per heavy atom. The van der Waals surface area contributed by atoms with Crippen LogP contribution in [0, 0.1) is 5.92 Å². The van der Waals surface area contributed by atoms with Gasteiger partial charge in [-0.1, -0.05) is 6.92 Å². The van der Waals surface area contributed by atoms with Crippen LogP contribution < -0.4 is 5.73 Å². The molecule has 1 aromatic heterocycles. The summed E-state index contributed by atoms with van der Waals surface area (Å²) in [4.78, 5) is 4.23. The van der Waals surface area contributed by atoms with E-state index in [1.54, 1.807) is 6.20 Å². The predicted octanol–water partition coefficient (Wildman–Crippen LogP) is 5.26. The smallest absolute Gasteiger partial charge is 0.327 e. The molecule has 0 radical (unpaired) electrons. The van der Waals surface area contributed by atoms with Gasteiger partial charge < -0.3 is 5.73 Å². The first-order chi connectivity index (χ1) is 11.4. The van der Waals surface area contributed by atoms with E-state index in [1.165, 1.54) is 12.1 Å². The minimum Gasteiger partial charge on any atom is -0.327 e. The second kappa shape index (κ2) is 6.71. The Kier molecular flexibility index (Phi) is 4.81. The highest BCUT2D eigenvalue weighted by Gasteiger charge is 2.31. The van der Waals surface area contributed by atoms with E-state index < -0.39 is 11.7 Å². The normalized spacial score (nSPS) is 23.4. The third kappa shape index (κ3) is 3.41. The van der Waals surface area contributed by atoms with Crippen LogP contribution >= 0.6 is 0 Å². The van der Waals surface area contributed by atoms with Crippen LogP contribution in [0.3, 0.4) is 0 Å². The molecular weight excluding hydrogens is 313 g/mol. The number of halogens is 3. The van der Waals surface area contributed by atoms with Crippen molar-refractivity contribution in [1.82, 2.24) is 4.98 Å². The summed E-state index contributed by atoms with van der Waals surface area (Å²) < 4.78 is 39.1. The molecule has 1 saturated carbocycles. The number of benzene rings is 1. The topological polar surface area (TPSA) is 38.9 Å². The summed E-state index contributed by atoms with van der Waals surface area (Å²) in [5.74, 6) is 0.823. The molecule has 2 aromatic rings. The van der Waals surface area contributed by atoms with Gasteiger partial charge in [-0.15, -0.1) is 0 Å². The fourth-order valence-electron chi connectivity index (χ4n) is 3.89. The molecule has 0 saturated heterocycles. The van der Waals surface area contributed by atoms with Gasteiger partial charge in [0, 0.05) is 17.6 Å². The average molecular weight is 336 g/mol. The van der Waals surface area contributed by atoms with Gasteiger partial charge >= 0.3 is 6.18 Å². The van der Waals surface area contributed by atoms with Crippen LogP contribution in [0.2, 0.25) is 0 Å². The lowest BCUT2D eigenvalue weighted by molar-refractivity contribution is -0.137. The van der Waals surface area contributed by atoms with Crippen molar-refractivity contribution in [2.24, 2.45) is 11.7 Å². The zero-order valence-corrected chi connectivity index (χ0v) is 13.8. The van der Waals surface area contributed by atoms with Gasteiger partial charge in [0.2, 0.25) is 0 Å². The van der Waals surface area contributed by atoms with Gasteiger partial charge in [0.15, 0.2) is 0 Å². The van der Waals surface area contributed by atoms with Crippen LogP contribution in [0.1, 0.15) is 56.1 Å². The van der Waals surface area contributed by atoms with Crippen molar-refractivity contribution in [1.29, 1.82) is 0 Å². The second-order valence-corrected chi connectivity index (χ2v) is 6.81. The van der Waals surface area contributed by atoms with Gasteiger partial charge in [0.05, 0.1) is 11.1 Å². The highest BCUT2D eigenvalue weighted by molar-refractivity contribution is 5.83. The lowest BCUT2D eigenvalue weighted by Gasteiger charge is -2.32. The van der Waals surface area contributed by atoms with Crippen LogP contribution in [0.4, 0.5) is 13.2 Å². The molecule has 1 unspecified atom stereocenters. The molecule has 1 aromatic carbocycles. The Hall–Kier alpha value is -1.62. The maximum absolute atomic E-state index is 13.0. The molecular formula is C19H23F3N2. The summed E-state index contributed by atoms with van der Waals surface area (Å²) in [5, 5.41) is 0.635. The SMILES string of the molecule is CCC(N)[C@H]1CC[C@@H](c2ccnc3ccc(C(F)(F)F)cc32)CC1. The van der Waals surface area contributed by atoms with Crippen LogP contribution in [0.5, 0.6) is 0 Å². The molecule has 130 valence electrons. The van der Waals surface area contributed by atoms with Crippen LogP contribution in [0.15, 0.2) is 30.5 Å². The molecule has 1 atom stereocenters. The summed E-state index contributed by atoms with van der Waals surface area (Å²) in [7, 11) is 0. The van der Waals surface area contributed by atoms with E-state index in [4.69, 9.17) is 5.73 Å². The van der Waals surface area contributed by atoms with E-state index in [2.05, 4.69) is 11.9 Å². The first kappa shape index (κ1) is 17.2. The molecule has 1 fully saturated rings. The number of aromatic nitrogens is 1. The van der Waals surface area contributed by atoms with Crippen LogP contribution in [-0.4, -0.2) is 11.0 Å². The summed E-state index contributed by atoms with van der Waals surface area (Å²) in [6, 6.07) is 5.95. The Morgan fingerprint density at radius 2 is 1.88 bits per heavy atom. The average Bonchev–Trinajstić information content (AvgIpc) is 2.59. The first-order valence-corrected chi connectivity index (χ1v) is 8.61. The molecule has 24 heavy (non-hydrogen) atoms. The molecule has 0 spiro atoms. The van der Waals surface area contributed by atoms with Crippen molar-refractivity contribution >= 4 is 10.9 Å². The standard InChI is InChI=1S/C19H23F3N2/c1-2-17(23)13-5-3-12(4-6-13)15-9-10-24-18-8-7-14(11-16(15)18)19(20,21)22/h7-13,17H,2-6,23H2,1H3/t12-,13+,17?. The van der Waals surface area contributed by atoms with Crippen molar-refractivity contribution in [2.75, 3.05) is 0 Å². The van der Waals surface area contributed by atoms with Crippen LogP contribution in [0.25, 0.3) is 10.9 Å². The fourth-order valence-corrected chi connectivity index (χ4v) is 3.89. The van der Waals surface area contributed by atoms with E-state index in [1.807, 2.05) is 6.07 Å². The van der Waals surface area contributed by atoms with Gasteiger partial charge in [-0.3, -0.25) is 4.98 Å². The monoisotopic (exact) mass is 336 g/mol. The molecule has 3 rings (SSSR count). The number of hydrogen-bond acceptors (Lipinski definition) is 2. The van der Waals surface area contributed by atoms with Crippen molar-refractivity contribution in [3.05, 3.63) is 41.6 Å². The number of hydrogen-bond donors (Lipinski definition) is 1. The molecule has 1 heterocycles. The Morgan fingerprint density at radius 3 is 2.50 bits per heavy atom. The predicted molar refractivity (Wildman–Crippen MR) is 89.7 cm³/mol. The maximum atomic E-state index is 13.0. The van der Waals surface area contributed by atoms with E-state index in [9.17, 15) is 13.2 Å². The number of nitrogens with zero attached hydrogens (tertiary/aromatic N) is 1. The molecule has 5 heteroatoms. The summed E-state index contributed by atoms with van der Waals surface area (Å²) in [5.41, 5.74) is 7.18. The number of nitrogens with two attached hydrogens (primary N) is 1. The lowest BCUT2D eigenvalue weighted by atomic mass is 9.75. The minimum absolute atomic E-state index is 0.233. The second-order valence-electron chi connectivity index (χ2n) is 6.81. The van der Waals surface area contributed by atoms with E-state index in [0.29, 0.717) is 22.7 Å². The van der Waals surface area contributed by atoms with E-state index >= 15 is 0 Å². The summed E-state index contributed by atoms with van der Waals surface area (Å²) >= 11 is 0. The Balaban J connectivity index is 1.90.